The number of sulfonamides is 1. The number of oxime groups is 1. The molecule has 0 radical (unpaired) electrons. The number of benzene rings is 2. The number of aryl methyl sites for hydroxylation is 1. The topological polar surface area (TPSA) is 67.8 Å². The quantitative estimate of drug-likeness (QED) is 0.577. The standard InChI is InChI=1S/C16H14ClF3N2O3S/c1-10-3-6-13(7-4-10)25-21-11(2)14-9-12(17)5-8-15(14)22-26(23,24)16(18,19)20/h3-9,22H,1-2H3/b21-11+. The highest BCUT2D eigenvalue weighted by Gasteiger charge is 2.46. The largest absolute Gasteiger partial charge is 0.516 e. The van der Waals surface area contributed by atoms with Crippen molar-refractivity contribution in [3.8, 4) is 5.75 Å². The fraction of sp³-hybridized carbons (Fsp3) is 0.188. The molecule has 10 heteroatoms. The number of halogens is 4. The van der Waals surface area contributed by atoms with E-state index < -0.39 is 15.5 Å². The molecular weight excluding hydrogens is 393 g/mol. The number of rotatable bonds is 5. The number of alkyl halides is 3. The molecule has 1 N–H and O–H groups in total. The summed E-state index contributed by atoms with van der Waals surface area (Å²) in [5.41, 5.74) is -4.57. The van der Waals surface area contributed by atoms with Crippen molar-refractivity contribution < 1.29 is 26.4 Å². The summed E-state index contributed by atoms with van der Waals surface area (Å²) in [6.07, 6.45) is 0. The van der Waals surface area contributed by atoms with Gasteiger partial charge in [0, 0.05) is 10.6 Å². The van der Waals surface area contributed by atoms with Gasteiger partial charge in [-0.2, -0.15) is 21.6 Å². The third-order valence-electron chi connectivity index (χ3n) is 3.23. The zero-order valence-electron chi connectivity index (χ0n) is 13.6. The summed E-state index contributed by atoms with van der Waals surface area (Å²) in [5.74, 6) is 0.411. The second-order valence-corrected chi connectivity index (χ2v) is 7.43. The highest BCUT2D eigenvalue weighted by Crippen LogP contribution is 2.29. The molecule has 0 amide bonds. The van der Waals surface area contributed by atoms with Crippen LogP contribution in [-0.4, -0.2) is 19.6 Å². The van der Waals surface area contributed by atoms with Crippen LogP contribution in [0.4, 0.5) is 18.9 Å². The maximum atomic E-state index is 12.6. The molecule has 0 bridgehead atoms. The van der Waals surface area contributed by atoms with Crippen LogP contribution in [0.2, 0.25) is 5.02 Å². The van der Waals surface area contributed by atoms with Crippen LogP contribution in [0.15, 0.2) is 47.6 Å². The Hall–Kier alpha value is -2.26. The van der Waals surface area contributed by atoms with Gasteiger partial charge in [0.2, 0.25) is 0 Å². The Bertz CT molecular complexity index is 927. The van der Waals surface area contributed by atoms with Crippen LogP contribution >= 0.6 is 11.6 Å². The summed E-state index contributed by atoms with van der Waals surface area (Å²) < 4.78 is 62.0. The normalized spacial score (nSPS) is 12.8. The molecule has 0 atom stereocenters. The van der Waals surface area contributed by atoms with E-state index in [1.807, 2.05) is 6.92 Å². The molecule has 2 rings (SSSR count). The van der Waals surface area contributed by atoms with Crippen LogP contribution in [0.25, 0.3) is 0 Å². The van der Waals surface area contributed by atoms with Gasteiger partial charge in [-0.05, 0) is 44.2 Å². The number of nitrogens with one attached hydrogen (secondary N) is 1. The maximum absolute atomic E-state index is 12.6. The van der Waals surface area contributed by atoms with Gasteiger partial charge in [-0.15, -0.1) is 0 Å². The van der Waals surface area contributed by atoms with E-state index in [-0.39, 0.29) is 22.0 Å². The smallest absolute Gasteiger partial charge is 0.357 e. The highest BCUT2D eigenvalue weighted by atomic mass is 35.5. The van der Waals surface area contributed by atoms with E-state index >= 15 is 0 Å². The van der Waals surface area contributed by atoms with E-state index in [1.165, 1.54) is 23.8 Å². The average Bonchev–Trinajstić information content (AvgIpc) is 2.54. The lowest BCUT2D eigenvalue weighted by atomic mass is 10.1. The third kappa shape index (κ3) is 4.89. The Kier molecular flexibility index (Phi) is 5.82. The molecule has 2 aromatic carbocycles. The minimum absolute atomic E-state index is 0.0532. The van der Waals surface area contributed by atoms with Crippen molar-refractivity contribution in [2.75, 3.05) is 4.72 Å². The fourth-order valence-electron chi connectivity index (χ4n) is 1.88. The molecule has 0 fully saturated rings. The van der Waals surface area contributed by atoms with Crippen LogP contribution in [-0.2, 0) is 10.0 Å². The van der Waals surface area contributed by atoms with Gasteiger partial charge in [-0.25, -0.2) is 0 Å². The lowest BCUT2D eigenvalue weighted by Crippen LogP contribution is -2.30. The van der Waals surface area contributed by atoms with Crippen molar-refractivity contribution in [1.82, 2.24) is 0 Å². The zero-order valence-corrected chi connectivity index (χ0v) is 15.2. The molecule has 0 aliphatic carbocycles. The van der Waals surface area contributed by atoms with E-state index in [9.17, 15) is 21.6 Å². The molecule has 0 saturated carbocycles. The average molecular weight is 407 g/mol. The summed E-state index contributed by atoms with van der Waals surface area (Å²) in [5, 5.41) is 4.02. The van der Waals surface area contributed by atoms with Gasteiger partial charge < -0.3 is 4.84 Å². The first-order valence-electron chi connectivity index (χ1n) is 7.17. The van der Waals surface area contributed by atoms with Crippen molar-refractivity contribution in [3.63, 3.8) is 0 Å². The number of hydrogen-bond acceptors (Lipinski definition) is 4. The van der Waals surface area contributed by atoms with Gasteiger partial charge in [0.15, 0.2) is 5.75 Å². The molecule has 0 heterocycles. The molecule has 0 aliphatic rings. The number of anilines is 1. The molecule has 0 aliphatic heterocycles. The van der Waals surface area contributed by atoms with Gasteiger partial charge in [0.1, 0.15) is 0 Å². The van der Waals surface area contributed by atoms with Crippen LogP contribution in [0.1, 0.15) is 18.1 Å². The lowest BCUT2D eigenvalue weighted by Gasteiger charge is -2.14. The predicted molar refractivity (Wildman–Crippen MR) is 94.1 cm³/mol. The van der Waals surface area contributed by atoms with Crippen LogP contribution in [0.3, 0.4) is 0 Å². The van der Waals surface area contributed by atoms with E-state index in [2.05, 4.69) is 5.16 Å². The van der Waals surface area contributed by atoms with Crippen LogP contribution in [0, 0.1) is 6.92 Å². The first-order valence-corrected chi connectivity index (χ1v) is 9.03. The lowest BCUT2D eigenvalue weighted by molar-refractivity contribution is -0.0429. The summed E-state index contributed by atoms with van der Waals surface area (Å²) in [7, 11) is -5.58. The van der Waals surface area contributed by atoms with Crippen LogP contribution < -0.4 is 9.56 Å². The van der Waals surface area contributed by atoms with Crippen molar-refractivity contribution >= 4 is 33.0 Å². The monoisotopic (exact) mass is 406 g/mol. The van der Waals surface area contributed by atoms with Crippen molar-refractivity contribution in [3.05, 3.63) is 58.6 Å². The van der Waals surface area contributed by atoms with E-state index in [1.54, 1.807) is 24.3 Å². The Morgan fingerprint density at radius 2 is 1.77 bits per heavy atom. The number of hydrogen-bond donors (Lipinski definition) is 1. The minimum Gasteiger partial charge on any atom is -0.357 e. The Labute approximate surface area is 153 Å². The first kappa shape index (κ1) is 20.1. The van der Waals surface area contributed by atoms with E-state index in [4.69, 9.17) is 16.4 Å². The Balaban J connectivity index is 2.34. The maximum Gasteiger partial charge on any atom is 0.516 e. The van der Waals surface area contributed by atoms with E-state index in [0.717, 1.165) is 11.6 Å². The van der Waals surface area contributed by atoms with Gasteiger partial charge in [0.05, 0.1) is 11.4 Å². The molecule has 0 aromatic heterocycles. The summed E-state index contributed by atoms with van der Waals surface area (Å²) in [6.45, 7) is 3.34. The fourth-order valence-corrected chi connectivity index (χ4v) is 2.63. The molecule has 0 saturated heterocycles. The third-order valence-corrected chi connectivity index (χ3v) is 4.56. The molecule has 0 spiro atoms. The zero-order chi connectivity index (χ0) is 19.5. The predicted octanol–water partition coefficient (Wildman–Crippen LogP) is 4.71. The Morgan fingerprint density at radius 1 is 1.15 bits per heavy atom. The molecule has 2 aromatic rings. The van der Waals surface area contributed by atoms with Crippen LogP contribution in [0.5, 0.6) is 5.75 Å². The minimum atomic E-state index is -5.58. The van der Waals surface area contributed by atoms with Gasteiger partial charge in [0.25, 0.3) is 0 Å². The Morgan fingerprint density at radius 3 is 2.35 bits per heavy atom. The SMILES string of the molecule is C/C(=N\Oc1ccc(C)cc1)c1cc(Cl)ccc1NS(=O)(=O)C(F)(F)F. The molecule has 140 valence electrons. The molecule has 26 heavy (non-hydrogen) atoms. The first-order chi connectivity index (χ1) is 12.0. The van der Waals surface area contributed by atoms with E-state index in [0.29, 0.717) is 5.75 Å². The van der Waals surface area contributed by atoms with Crippen molar-refractivity contribution in [2.45, 2.75) is 19.4 Å². The summed E-state index contributed by atoms with van der Waals surface area (Å²) >= 11 is 5.86. The van der Waals surface area contributed by atoms with Gasteiger partial charge in [-0.1, -0.05) is 34.5 Å². The van der Waals surface area contributed by atoms with Gasteiger partial charge in [-0.3, -0.25) is 4.72 Å². The van der Waals surface area contributed by atoms with Gasteiger partial charge >= 0.3 is 15.5 Å². The second-order valence-electron chi connectivity index (χ2n) is 5.32. The molecular formula is C16H14ClF3N2O3S. The number of nitrogens with zero attached hydrogens (tertiary/aromatic N) is 1. The summed E-state index contributed by atoms with van der Waals surface area (Å²) in [4.78, 5) is 5.21. The highest BCUT2D eigenvalue weighted by molar-refractivity contribution is 7.93. The summed E-state index contributed by atoms with van der Waals surface area (Å²) in [6, 6.07) is 10.6. The van der Waals surface area contributed by atoms with Crippen molar-refractivity contribution in [2.24, 2.45) is 5.16 Å². The molecule has 5 nitrogen and oxygen atoms in total. The van der Waals surface area contributed by atoms with Crippen molar-refractivity contribution in [1.29, 1.82) is 0 Å². The second kappa shape index (κ2) is 7.55. The molecule has 0 unspecified atom stereocenters.